The summed E-state index contributed by atoms with van der Waals surface area (Å²) in [6.45, 7) is 2.27. The molecule has 1 rings (SSSR count). The van der Waals surface area contributed by atoms with Crippen LogP contribution in [0.5, 0.6) is 0 Å². The fourth-order valence-electron chi connectivity index (χ4n) is 2.13. The van der Waals surface area contributed by atoms with Crippen LogP contribution < -0.4 is 5.73 Å². The quantitative estimate of drug-likeness (QED) is 0.645. The fourth-order valence-corrected chi connectivity index (χ4v) is 2.13. The topological polar surface area (TPSA) is 46.2 Å². The van der Waals surface area contributed by atoms with E-state index < -0.39 is 0 Å². The lowest BCUT2D eigenvalue weighted by molar-refractivity contribution is 0.157. The normalized spacial score (nSPS) is 25.4. The van der Waals surface area contributed by atoms with Gasteiger partial charge in [0.25, 0.3) is 0 Å². The van der Waals surface area contributed by atoms with Crippen LogP contribution in [0.25, 0.3) is 0 Å². The van der Waals surface area contributed by atoms with E-state index in [2.05, 4.69) is 0 Å². The number of aliphatic hydroxyl groups is 1. The lowest BCUT2D eigenvalue weighted by atomic mass is 9.86. The average Bonchev–Trinajstić information content (AvgIpc) is 2.40. The van der Waals surface area contributed by atoms with Gasteiger partial charge in [0.1, 0.15) is 0 Å². The summed E-state index contributed by atoms with van der Waals surface area (Å²) in [7, 11) is 0. The first-order valence-corrected chi connectivity index (χ1v) is 4.62. The Morgan fingerprint density at radius 2 is 2.00 bits per heavy atom. The minimum Gasteiger partial charge on any atom is -0.396 e. The Morgan fingerprint density at radius 1 is 1.45 bits per heavy atom. The van der Waals surface area contributed by atoms with Gasteiger partial charge in [0.2, 0.25) is 0 Å². The van der Waals surface area contributed by atoms with Crippen molar-refractivity contribution in [3.05, 3.63) is 0 Å². The van der Waals surface area contributed by atoms with Crippen LogP contribution in [-0.4, -0.2) is 17.8 Å². The van der Waals surface area contributed by atoms with Gasteiger partial charge in [-0.05, 0) is 18.8 Å². The average molecular weight is 157 g/mol. The van der Waals surface area contributed by atoms with Crippen molar-refractivity contribution in [1.82, 2.24) is 0 Å². The van der Waals surface area contributed by atoms with Gasteiger partial charge in [0, 0.05) is 12.6 Å². The molecule has 0 heterocycles. The van der Waals surface area contributed by atoms with Crippen molar-refractivity contribution in [2.24, 2.45) is 17.6 Å². The second-order valence-electron chi connectivity index (χ2n) is 3.75. The molecule has 1 saturated carbocycles. The molecule has 66 valence electrons. The standard InChI is InChI=1S/C9H19NO/c1-7(10)9(6-11)8-4-2-3-5-8/h7-9,11H,2-6,10H2,1H3. The number of rotatable bonds is 3. The van der Waals surface area contributed by atoms with E-state index in [9.17, 15) is 0 Å². The summed E-state index contributed by atoms with van der Waals surface area (Å²) >= 11 is 0. The molecule has 0 aromatic rings. The third-order valence-corrected chi connectivity index (χ3v) is 2.89. The molecular weight excluding hydrogens is 138 g/mol. The van der Waals surface area contributed by atoms with Crippen LogP contribution >= 0.6 is 0 Å². The third kappa shape index (κ3) is 2.17. The van der Waals surface area contributed by atoms with E-state index in [0.29, 0.717) is 11.8 Å². The summed E-state index contributed by atoms with van der Waals surface area (Å²) in [4.78, 5) is 0. The van der Waals surface area contributed by atoms with Gasteiger partial charge < -0.3 is 10.8 Å². The Balaban J connectivity index is 2.40. The van der Waals surface area contributed by atoms with Crippen LogP contribution in [-0.2, 0) is 0 Å². The van der Waals surface area contributed by atoms with E-state index in [1.807, 2.05) is 6.92 Å². The molecule has 0 aliphatic heterocycles. The van der Waals surface area contributed by atoms with Gasteiger partial charge in [-0.25, -0.2) is 0 Å². The lowest BCUT2D eigenvalue weighted by Gasteiger charge is -2.24. The Morgan fingerprint density at radius 3 is 2.36 bits per heavy atom. The third-order valence-electron chi connectivity index (χ3n) is 2.89. The predicted molar refractivity (Wildman–Crippen MR) is 46.2 cm³/mol. The van der Waals surface area contributed by atoms with Gasteiger partial charge in [-0.3, -0.25) is 0 Å². The molecule has 1 fully saturated rings. The van der Waals surface area contributed by atoms with E-state index in [1.54, 1.807) is 0 Å². The number of nitrogens with two attached hydrogens (primary N) is 1. The monoisotopic (exact) mass is 157 g/mol. The summed E-state index contributed by atoms with van der Waals surface area (Å²) < 4.78 is 0. The van der Waals surface area contributed by atoms with Crippen LogP contribution in [0.1, 0.15) is 32.6 Å². The molecule has 0 radical (unpaired) electrons. The second kappa shape index (κ2) is 4.07. The predicted octanol–water partition coefficient (Wildman–Crippen LogP) is 1.13. The SMILES string of the molecule is CC(N)C(CO)C1CCCC1. The number of aliphatic hydroxyl groups excluding tert-OH is 1. The minimum absolute atomic E-state index is 0.156. The highest BCUT2D eigenvalue weighted by Crippen LogP contribution is 2.32. The van der Waals surface area contributed by atoms with Gasteiger partial charge in [0.15, 0.2) is 0 Å². The molecule has 0 aromatic carbocycles. The van der Waals surface area contributed by atoms with E-state index in [4.69, 9.17) is 10.8 Å². The molecular formula is C9H19NO. The van der Waals surface area contributed by atoms with Gasteiger partial charge >= 0.3 is 0 Å². The first-order valence-electron chi connectivity index (χ1n) is 4.62. The molecule has 0 saturated heterocycles. The zero-order valence-electron chi connectivity index (χ0n) is 7.29. The van der Waals surface area contributed by atoms with Gasteiger partial charge in [0.05, 0.1) is 0 Å². The van der Waals surface area contributed by atoms with Crippen LogP contribution in [0, 0.1) is 11.8 Å². The summed E-state index contributed by atoms with van der Waals surface area (Å²) in [5.41, 5.74) is 5.77. The van der Waals surface area contributed by atoms with Gasteiger partial charge in [-0.15, -0.1) is 0 Å². The van der Waals surface area contributed by atoms with Crippen molar-refractivity contribution in [2.75, 3.05) is 6.61 Å². The van der Waals surface area contributed by atoms with Crippen LogP contribution in [0.4, 0.5) is 0 Å². The Hall–Kier alpha value is -0.0800. The summed E-state index contributed by atoms with van der Waals surface area (Å²) in [6, 6.07) is 0.156. The molecule has 3 N–H and O–H groups in total. The van der Waals surface area contributed by atoms with Crippen LogP contribution in [0.2, 0.25) is 0 Å². The van der Waals surface area contributed by atoms with Crippen molar-refractivity contribution in [1.29, 1.82) is 0 Å². The lowest BCUT2D eigenvalue weighted by Crippen LogP contribution is -2.34. The Labute approximate surface area is 68.8 Å². The van der Waals surface area contributed by atoms with E-state index in [-0.39, 0.29) is 12.6 Å². The van der Waals surface area contributed by atoms with E-state index >= 15 is 0 Å². The first-order chi connectivity index (χ1) is 5.25. The molecule has 2 unspecified atom stereocenters. The maximum atomic E-state index is 9.08. The number of hydrogen-bond acceptors (Lipinski definition) is 2. The molecule has 0 amide bonds. The zero-order valence-corrected chi connectivity index (χ0v) is 7.29. The second-order valence-corrected chi connectivity index (χ2v) is 3.75. The van der Waals surface area contributed by atoms with Crippen molar-refractivity contribution >= 4 is 0 Å². The fraction of sp³-hybridized carbons (Fsp3) is 1.00. The Bertz CT molecular complexity index is 108. The molecule has 2 atom stereocenters. The highest BCUT2D eigenvalue weighted by atomic mass is 16.3. The molecule has 0 aromatic heterocycles. The minimum atomic E-state index is 0.156. The number of hydrogen-bond donors (Lipinski definition) is 2. The molecule has 0 bridgehead atoms. The first kappa shape index (κ1) is 9.01. The molecule has 2 nitrogen and oxygen atoms in total. The molecule has 0 spiro atoms. The Kier molecular flexibility index (Phi) is 3.34. The summed E-state index contributed by atoms with van der Waals surface area (Å²) in [5, 5.41) is 9.08. The maximum absolute atomic E-state index is 9.08. The molecule has 11 heavy (non-hydrogen) atoms. The van der Waals surface area contributed by atoms with E-state index in [0.717, 1.165) is 0 Å². The highest BCUT2D eigenvalue weighted by Gasteiger charge is 2.26. The summed E-state index contributed by atoms with van der Waals surface area (Å²) in [6.07, 6.45) is 5.20. The molecule has 1 aliphatic rings. The van der Waals surface area contributed by atoms with Crippen molar-refractivity contribution < 1.29 is 5.11 Å². The van der Waals surface area contributed by atoms with Gasteiger partial charge in [-0.2, -0.15) is 0 Å². The maximum Gasteiger partial charge on any atom is 0.0476 e. The van der Waals surface area contributed by atoms with Crippen molar-refractivity contribution in [3.8, 4) is 0 Å². The van der Waals surface area contributed by atoms with Crippen LogP contribution in [0.3, 0.4) is 0 Å². The smallest absolute Gasteiger partial charge is 0.0476 e. The van der Waals surface area contributed by atoms with Gasteiger partial charge in [-0.1, -0.05) is 25.7 Å². The van der Waals surface area contributed by atoms with Crippen LogP contribution in [0.15, 0.2) is 0 Å². The summed E-state index contributed by atoms with van der Waals surface area (Å²) in [5.74, 6) is 1.04. The van der Waals surface area contributed by atoms with E-state index in [1.165, 1.54) is 25.7 Å². The van der Waals surface area contributed by atoms with Crippen molar-refractivity contribution in [2.45, 2.75) is 38.6 Å². The largest absolute Gasteiger partial charge is 0.396 e. The highest BCUT2D eigenvalue weighted by molar-refractivity contribution is 4.79. The van der Waals surface area contributed by atoms with Crippen molar-refractivity contribution in [3.63, 3.8) is 0 Å². The zero-order chi connectivity index (χ0) is 8.27. The molecule has 2 heteroatoms. The molecule has 1 aliphatic carbocycles.